The van der Waals surface area contributed by atoms with E-state index in [2.05, 4.69) is 31.7 Å². The minimum absolute atomic E-state index is 0.000782. The molecule has 5 nitrogen and oxygen atoms in total. The second-order valence-corrected chi connectivity index (χ2v) is 9.06. The van der Waals surface area contributed by atoms with Crippen molar-refractivity contribution >= 4 is 5.91 Å². The summed E-state index contributed by atoms with van der Waals surface area (Å²) < 4.78 is 19.1. The van der Waals surface area contributed by atoms with Crippen molar-refractivity contribution < 1.29 is 13.9 Å². The van der Waals surface area contributed by atoms with E-state index < -0.39 is 0 Å². The Morgan fingerprint density at radius 1 is 1.12 bits per heavy atom. The van der Waals surface area contributed by atoms with Gasteiger partial charge in [-0.25, -0.2) is 4.39 Å². The lowest BCUT2D eigenvalue weighted by molar-refractivity contribution is -0.139. The second kappa shape index (κ2) is 10.9. The molecule has 0 spiro atoms. The van der Waals surface area contributed by atoms with Gasteiger partial charge in [0.05, 0.1) is 0 Å². The van der Waals surface area contributed by atoms with E-state index in [1.165, 1.54) is 12.1 Å². The van der Waals surface area contributed by atoms with Gasteiger partial charge in [0, 0.05) is 37.8 Å². The molecule has 1 fully saturated rings. The van der Waals surface area contributed by atoms with Gasteiger partial charge in [0.15, 0.2) is 6.61 Å². The average molecular weight is 442 g/mol. The van der Waals surface area contributed by atoms with E-state index in [1.54, 1.807) is 0 Å². The summed E-state index contributed by atoms with van der Waals surface area (Å²) in [5.74, 6) is 0.523. The van der Waals surface area contributed by atoms with E-state index in [0.29, 0.717) is 6.54 Å². The van der Waals surface area contributed by atoms with E-state index in [1.807, 2.05) is 36.1 Å². The van der Waals surface area contributed by atoms with Gasteiger partial charge in [-0.1, -0.05) is 31.2 Å². The summed E-state index contributed by atoms with van der Waals surface area (Å²) in [5, 5.41) is 0. The fourth-order valence-electron chi connectivity index (χ4n) is 4.19. The van der Waals surface area contributed by atoms with Gasteiger partial charge in [0.2, 0.25) is 0 Å². The number of carbonyl (C=O) groups is 1. The molecule has 1 amide bonds. The van der Waals surface area contributed by atoms with Crippen LogP contribution in [-0.2, 0) is 17.8 Å². The summed E-state index contributed by atoms with van der Waals surface area (Å²) in [6.45, 7) is 10.5. The van der Waals surface area contributed by atoms with Crippen molar-refractivity contribution in [2.24, 2.45) is 5.73 Å². The summed E-state index contributed by atoms with van der Waals surface area (Å²) in [6.07, 6.45) is 1.72. The number of ether oxygens (including phenoxy) is 1. The van der Waals surface area contributed by atoms with E-state index >= 15 is 0 Å². The van der Waals surface area contributed by atoms with Crippen LogP contribution in [0.1, 0.15) is 43.9 Å². The minimum atomic E-state index is -0.223. The van der Waals surface area contributed by atoms with E-state index in [9.17, 15) is 9.18 Å². The predicted octanol–water partition coefficient (Wildman–Crippen LogP) is 3.91. The van der Waals surface area contributed by atoms with E-state index in [-0.39, 0.29) is 36.5 Å². The fourth-order valence-corrected chi connectivity index (χ4v) is 4.19. The Kier molecular flexibility index (Phi) is 8.26. The standard InChI is InChI=1S/C26H36FN3O2/c1-5-24(28)12-22-7-6-18(2)25(13-22)32-17-26(31)30-15-19(3)29(14-20(30)4)16-21-8-10-23(27)11-9-21/h6-11,13,19-20,24H,5,12,14-17,28H2,1-4H3. The number of carbonyl (C=O) groups excluding carboxylic acids is 1. The molecule has 3 rings (SSSR count). The van der Waals surface area contributed by atoms with E-state index in [4.69, 9.17) is 10.5 Å². The number of amides is 1. The van der Waals surface area contributed by atoms with Crippen LogP contribution in [0.5, 0.6) is 5.75 Å². The molecule has 2 aromatic rings. The molecule has 0 radical (unpaired) electrons. The Balaban J connectivity index is 1.57. The molecular weight excluding hydrogens is 405 g/mol. The van der Waals surface area contributed by atoms with Crippen LogP contribution >= 0.6 is 0 Å². The van der Waals surface area contributed by atoms with Gasteiger partial charge >= 0.3 is 0 Å². The first-order valence-corrected chi connectivity index (χ1v) is 11.5. The zero-order valence-corrected chi connectivity index (χ0v) is 19.7. The third-order valence-corrected chi connectivity index (χ3v) is 6.36. The van der Waals surface area contributed by atoms with Crippen LogP contribution in [0, 0.1) is 12.7 Å². The van der Waals surface area contributed by atoms with Crippen LogP contribution < -0.4 is 10.5 Å². The normalized spacial score (nSPS) is 20.2. The van der Waals surface area contributed by atoms with Crippen molar-refractivity contribution in [1.29, 1.82) is 0 Å². The highest BCUT2D eigenvalue weighted by Gasteiger charge is 2.32. The monoisotopic (exact) mass is 441 g/mol. The maximum Gasteiger partial charge on any atom is 0.260 e. The smallest absolute Gasteiger partial charge is 0.260 e. The first-order valence-electron chi connectivity index (χ1n) is 11.5. The number of nitrogens with zero attached hydrogens (tertiary/aromatic N) is 2. The highest BCUT2D eigenvalue weighted by molar-refractivity contribution is 5.78. The molecular formula is C26H36FN3O2. The molecule has 3 atom stereocenters. The average Bonchev–Trinajstić information content (AvgIpc) is 2.77. The molecule has 0 aliphatic carbocycles. The van der Waals surface area contributed by atoms with Crippen LogP contribution in [0.4, 0.5) is 4.39 Å². The molecule has 0 aromatic heterocycles. The zero-order chi connectivity index (χ0) is 23.3. The lowest BCUT2D eigenvalue weighted by atomic mass is 10.0. The van der Waals surface area contributed by atoms with E-state index in [0.717, 1.165) is 48.4 Å². The number of hydrogen-bond acceptors (Lipinski definition) is 4. The molecule has 6 heteroatoms. The first kappa shape index (κ1) is 24.2. The summed E-state index contributed by atoms with van der Waals surface area (Å²) in [5.41, 5.74) is 9.30. The molecule has 174 valence electrons. The van der Waals surface area contributed by atoms with Crippen molar-refractivity contribution in [2.75, 3.05) is 19.7 Å². The maximum absolute atomic E-state index is 13.2. The van der Waals surface area contributed by atoms with Gasteiger partial charge in [-0.2, -0.15) is 0 Å². The molecule has 2 N–H and O–H groups in total. The molecule has 1 aliphatic heterocycles. The van der Waals surface area contributed by atoms with Crippen LogP contribution in [0.3, 0.4) is 0 Å². The topological polar surface area (TPSA) is 58.8 Å². The van der Waals surface area contributed by atoms with Crippen LogP contribution in [-0.4, -0.2) is 53.5 Å². The molecule has 1 heterocycles. The predicted molar refractivity (Wildman–Crippen MR) is 126 cm³/mol. The number of rotatable bonds is 8. The number of halogens is 1. The van der Waals surface area contributed by atoms with Crippen molar-refractivity contribution in [3.05, 3.63) is 65.0 Å². The van der Waals surface area contributed by atoms with Gasteiger partial charge in [-0.3, -0.25) is 9.69 Å². The lowest BCUT2D eigenvalue weighted by Gasteiger charge is -2.44. The van der Waals surface area contributed by atoms with Crippen LogP contribution in [0.15, 0.2) is 42.5 Å². The Morgan fingerprint density at radius 2 is 1.81 bits per heavy atom. The largest absolute Gasteiger partial charge is 0.483 e. The van der Waals surface area contributed by atoms with Crippen molar-refractivity contribution in [3.8, 4) is 5.75 Å². The maximum atomic E-state index is 13.2. The van der Waals surface area contributed by atoms with Crippen molar-refractivity contribution in [1.82, 2.24) is 9.80 Å². The van der Waals surface area contributed by atoms with Crippen LogP contribution in [0.25, 0.3) is 0 Å². The number of benzene rings is 2. The molecule has 1 saturated heterocycles. The van der Waals surface area contributed by atoms with Gasteiger partial charge in [0.1, 0.15) is 11.6 Å². The Labute approximate surface area is 191 Å². The SMILES string of the molecule is CCC(N)Cc1ccc(C)c(OCC(=O)N2CC(C)N(Cc3ccc(F)cc3)CC2C)c1. The molecule has 3 unspecified atom stereocenters. The molecule has 32 heavy (non-hydrogen) atoms. The number of nitrogens with two attached hydrogens (primary N) is 1. The second-order valence-electron chi connectivity index (χ2n) is 9.06. The molecule has 0 saturated carbocycles. The van der Waals surface area contributed by atoms with Crippen molar-refractivity contribution in [3.63, 3.8) is 0 Å². The Morgan fingerprint density at radius 3 is 2.50 bits per heavy atom. The molecule has 2 aromatic carbocycles. The molecule has 1 aliphatic rings. The van der Waals surface area contributed by atoms with Gasteiger partial charge in [-0.05, 0) is 68.5 Å². The highest BCUT2D eigenvalue weighted by atomic mass is 19.1. The number of hydrogen-bond donors (Lipinski definition) is 1. The summed E-state index contributed by atoms with van der Waals surface area (Å²) >= 11 is 0. The lowest BCUT2D eigenvalue weighted by Crippen LogP contribution is -2.58. The Hall–Kier alpha value is -2.44. The number of aryl methyl sites for hydroxylation is 1. The highest BCUT2D eigenvalue weighted by Crippen LogP contribution is 2.22. The summed E-state index contributed by atoms with van der Waals surface area (Å²) in [7, 11) is 0. The molecule has 0 bridgehead atoms. The zero-order valence-electron chi connectivity index (χ0n) is 19.7. The summed E-state index contributed by atoms with van der Waals surface area (Å²) in [4.78, 5) is 17.2. The fraction of sp³-hybridized carbons (Fsp3) is 0.500. The quantitative estimate of drug-likeness (QED) is 0.675. The minimum Gasteiger partial charge on any atom is -0.483 e. The third kappa shape index (κ3) is 6.30. The number of piperazine rings is 1. The van der Waals surface area contributed by atoms with Gasteiger partial charge in [-0.15, -0.1) is 0 Å². The van der Waals surface area contributed by atoms with Gasteiger partial charge < -0.3 is 15.4 Å². The van der Waals surface area contributed by atoms with Gasteiger partial charge in [0.25, 0.3) is 5.91 Å². The third-order valence-electron chi connectivity index (χ3n) is 6.36. The summed E-state index contributed by atoms with van der Waals surface area (Å²) in [6, 6.07) is 13.1. The first-order chi connectivity index (χ1) is 15.3. The van der Waals surface area contributed by atoms with Crippen molar-refractivity contribution in [2.45, 2.75) is 65.2 Å². The van der Waals surface area contributed by atoms with Crippen LogP contribution in [0.2, 0.25) is 0 Å². The Bertz CT molecular complexity index is 902.